The molecule has 152 valence electrons. The molecule has 7 heteroatoms. The molecule has 1 aromatic carbocycles. The predicted molar refractivity (Wildman–Crippen MR) is 113 cm³/mol. The average Bonchev–Trinajstić information content (AvgIpc) is 3.40. The van der Waals surface area contributed by atoms with E-state index in [9.17, 15) is 9.18 Å². The summed E-state index contributed by atoms with van der Waals surface area (Å²) < 4.78 is 15.4. The number of carbonyl (C=O) groups excluding carboxylic acids is 1. The number of halogens is 1. The van der Waals surface area contributed by atoms with Gasteiger partial charge in [0, 0.05) is 6.20 Å². The van der Waals surface area contributed by atoms with Crippen LogP contribution in [-0.4, -0.2) is 32.5 Å². The van der Waals surface area contributed by atoms with Crippen molar-refractivity contribution in [1.82, 2.24) is 19.9 Å². The Hall–Kier alpha value is -2.41. The van der Waals surface area contributed by atoms with Gasteiger partial charge in [-0.15, -0.1) is 10.2 Å². The lowest BCUT2D eigenvalue weighted by molar-refractivity contribution is -0.127. The monoisotopic (exact) mass is 412 g/mol. The van der Waals surface area contributed by atoms with Crippen LogP contribution in [0.2, 0.25) is 0 Å². The van der Waals surface area contributed by atoms with Crippen molar-refractivity contribution in [3.63, 3.8) is 0 Å². The van der Waals surface area contributed by atoms with Crippen molar-refractivity contribution in [1.29, 1.82) is 0 Å². The van der Waals surface area contributed by atoms with Crippen LogP contribution >= 0.6 is 11.8 Å². The summed E-state index contributed by atoms with van der Waals surface area (Å²) in [6, 6.07) is 11.9. The lowest BCUT2D eigenvalue weighted by atomic mass is 9.77. The van der Waals surface area contributed by atoms with Crippen molar-refractivity contribution < 1.29 is 9.18 Å². The van der Waals surface area contributed by atoms with Gasteiger partial charge in [-0.2, -0.15) is 11.8 Å². The molecule has 1 aliphatic carbocycles. The zero-order valence-corrected chi connectivity index (χ0v) is 17.3. The number of rotatable bonds is 7. The molecule has 2 heterocycles. The summed E-state index contributed by atoms with van der Waals surface area (Å²) in [5.41, 5.74) is 1.05. The lowest BCUT2D eigenvalue weighted by Gasteiger charge is -2.30. The Balaban J connectivity index is 1.65. The second-order valence-electron chi connectivity index (χ2n) is 7.59. The molecule has 1 unspecified atom stereocenters. The molecule has 2 aromatic heterocycles. The van der Waals surface area contributed by atoms with Crippen LogP contribution in [0.4, 0.5) is 4.39 Å². The molecule has 0 saturated heterocycles. The molecular weight excluding hydrogens is 387 g/mol. The van der Waals surface area contributed by atoms with Crippen molar-refractivity contribution in [2.24, 2.45) is 0 Å². The number of hydrogen-bond donors (Lipinski definition) is 1. The van der Waals surface area contributed by atoms with Crippen LogP contribution in [-0.2, 0) is 10.2 Å². The second-order valence-corrected chi connectivity index (χ2v) is 8.58. The van der Waals surface area contributed by atoms with E-state index < -0.39 is 5.41 Å². The van der Waals surface area contributed by atoms with E-state index in [2.05, 4.69) is 21.8 Å². The summed E-state index contributed by atoms with van der Waals surface area (Å²) in [4.78, 5) is 13.6. The second kappa shape index (κ2) is 8.53. The van der Waals surface area contributed by atoms with E-state index in [0.29, 0.717) is 0 Å². The van der Waals surface area contributed by atoms with Crippen LogP contribution in [0.15, 0.2) is 48.7 Å². The Morgan fingerprint density at radius 2 is 1.97 bits per heavy atom. The van der Waals surface area contributed by atoms with Gasteiger partial charge in [0.15, 0.2) is 11.5 Å². The normalized spacial score (nSPS) is 16.8. The number of hydrogen-bond acceptors (Lipinski definition) is 4. The minimum absolute atomic E-state index is 0.000363. The Bertz CT molecular complexity index is 982. The molecule has 1 atom stereocenters. The first-order valence-electron chi connectivity index (χ1n) is 10.00. The summed E-state index contributed by atoms with van der Waals surface area (Å²) in [6.07, 6.45) is 8.29. The number of carbonyl (C=O) groups is 1. The van der Waals surface area contributed by atoms with Crippen molar-refractivity contribution in [3.8, 4) is 0 Å². The molecule has 1 N–H and O–H groups in total. The lowest BCUT2D eigenvalue weighted by Crippen LogP contribution is -2.44. The third-order valence-electron chi connectivity index (χ3n) is 5.86. The van der Waals surface area contributed by atoms with Crippen LogP contribution < -0.4 is 5.32 Å². The summed E-state index contributed by atoms with van der Waals surface area (Å²) >= 11 is 1.74. The maximum absolute atomic E-state index is 13.6. The number of benzene rings is 1. The number of amides is 1. The van der Waals surface area contributed by atoms with Crippen LogP contribution in [0.1, 0.15) is 49.5 Å². The number of nitrogens with zero attached hydrogens (tertiary/aromatic N) is 3. The number of pyridine rings is 1. The highest BCUT2D eigenvalue weighted by molar-refractivity contribution is 7.98. The first-order chi connectivity index (χ1) is 14.1. The highest BCUT2D eigenvalue weighted by atomic mass is 32.2. The minimum Gasteiger partial charge on any atom is -0.345 e. The van der Waals surface area contributed by atoms with E-state index in [1.807, 2.05) is 28.8 Å². The Morgan fingerprint density at radius 3 is 2.69 bits per heavy atom. The predicted octanol–water partition coefficient (Wildman–Crippen LogP) is 4.29. The van der Waals surface area contributed by atoms with Crippen molar-refractivity contribution in [3.05, 3.63) is 65.9 Å². The number of fused-ring (bicyclic) bond motifs is 1. The fraction of sp³-hybridized carbons (Fsp3) is 0.409. The molecule has 4 rings (SSSR count). The van der Waals surface area contributed by atoms with E-state index in [-0.39, 0.29) is 17.8 Å². The van der Waals surface area contributed by atoms with Gasteiger partial charge in [-0.05, 0) is 61.1 Å². The van der Waals surface area contributed by atoms with E-state index in [1.54, 1.807) is 23.9 Å². The molecular formula is C22H25FN4OS. The summed E-state index contributed by atoms with van der Waals surface area (Å²) in [5, 5.41) is 11.9. The van der Waals surface area contributed by atoms with E-state index in [4.69, 9.17) is 0 Å². The quantitative estimate of drug-likeness (QED) is 0.629. The maximum Gasteiger partial charge on any atom is 0.231 e. The minimum atomic E-state index is -0.605. The molecule has 29 heavy (non-hydrogen) atoms. The molecule has 1 fully saturated rings. The third kappa shape index (κ3) is 3.88. The number of thioether (sulfide) groups is 1. The Kier molecular flexibility index (Phi) is 5.85. The Labute approximate surface area is 174 Å². The molecule has 3 aromatic rings. The van der Waals surface area contributed by atoms with Gasteiger partial charge < -0.3 is 5.32 Å². The van der Waals surface area contributed by atoms with Gasteiger partial charge >= 0.3 is 0 Å². The standard InChI is InChI=1S/C22H25FN4OS/c1-29-15-11-18(20-26-25-19-6-2-5-14-27(19)20)24-21(28)22(12-3-4-13-22)16-7-9-17(23)10-8-16/h2,5-10,14,18H,3-4,11-13,15H2,1H3,(H,24,28). The summed E-state index contributed by atoms with van der Waals surface area (Å²) in [7, 11) is 0. The Morgan fingerprint density at radius 1 is 1.21 bits per heavy atom. The van der Waals surface area contributed by atoms with Crippen LogP contribution in [0.3, 0.4) is 0 Å². The highest BCUT2D eigenvalue weighted by Gasteiger charge is 2.43. The highest BCUT2D eigenvalue weighted by Crippen LogP contribution is 2.42. The smallest absolute Gasteiger partial charge is 0.231 e. The van der Waals surface area contributed by atoms with Crippen LogP contribution in [0.5, 0.6) is 0 Å². The first kappa shape index (κ1) is 19.9. The zero-order chi connectivity index (χ0) is 20.3. The number of aromatic nitrogens is 3. The van der Waals surface area contributed by atoms with Gasteiger partial charge in [-0.3, -0.25) is 9.20 Å². The molecule has 0 aliphatic heterocycles. The van der Waals surface area contributed by atoms with Crippen molar-refractivity contribution in [2.45, 2.75) is 43.6 Å². The molecule has 1 saturated carbocycles. The summed E-state index contributed by atoms with van der Waals surface area (Å²) in [5.74, 6) is 1.36. The van der Waals surface area contributed by atoms with Gasteiger partial charge in [0.2, 0.25) is 5.91 Å². The van der Waals surface area contributed by atoms with E-state index >= 15 is 0 Å². The molecule has 1 aliphatic rings. The maximum atomic E-state index is 13.6. The summed E-state index contributed by atoms with van der Waals surface area (Å²) in [6.45, 7) is 0. The van der Waals surface area contributed by atoms with Gasteiger partial charge in [-0.1, -0.05) is 31.0 Å². The van der Waals surface area contributed by atoms with Gasteiger partial charge in [0.1, 0.15) is 5.82 Å². The molecule has 0 radical (unpaired) electrons. The van der Waals surface area contributed by atoms with E-state index in [0.717, 1.165) is 54.9 Å². The molecule has 0 spiro atoms. The van der Waals surface area contributed by atoms with Gasteiger partial charge in [0.05, 0.1) is 11.5 Å². The van der Waals surface area contributed by atoms with E-state index in [1.165, 1.54) is 12.1 Å². The van der Waals surface area contributed by atoms with Crippen LogP contribution in [0.25, 0.3) is 5.65 Å². The SMILES string of the molecule is CSCCC(NC(=O)C1(c2ccc(F)cc2)CCCC1)c1nnc2ccccn12. The first-order valence-corrected chi connectivity index (χ1v) is 11.4. The average molecular weight is 413 g/mol. The molecule has 5 nitrogen and oxygen atoms in total. The van der Waals surface area contributed by atoms with Gasteiger partial charge in [-0.25, -0.2) is 4.39 Å². The fourth-order valence-electron chi connectivity index (χ4n) is 4.29. The third-order valence-corrected chi connectivity index (χ3v) is 6.50. The molecule has 1 amide bonds. The number of nitrogens with one attached hydrogen (secondary N) is 1. The fourth-order valence-corrected chi connectivity index (χ4v) is 4.76. The van der Waals surface area contributed by atoms with Crippen molar-refractivity contribution >= 4 is 23.3 Å². The van der Waals surface area contributed by atoms with Crippen molar-refractivity contribution in [2.75, 3.05) is 12.0 Å². The topological polar surface area (TPSA) is 59.3 Å². The van der Waals surface area contributed by atoms with Gasteiger partial charge in [0.25, 0.3) is 0 Å². The zero-order valence-electron chi connectivity index (χ0n) is 16.5. The van der Waals surface area contributed by atoms with Crippen LogP contribution in [0, 0.1) is 5.82 Å². The largest absolute Gasteiger partial charge is 0.345 e. The molecule has 0 bridgehead atoms.